The molecule has 74 valence electrons. The van der Waals surface area contributed by atoms with Crippen molar-refractivity contribution in [3.8, 4) is 11.8 Å². The minimum absolute atomic E-state index is 0.185. The minimum atomic E-state index is -0.185. The molecule has 0 aliphatic heterocycles. The molecule has 1 saturated carbocycles. The van der Waals surface area contributed by atoms with Crippen LogP contribution < -0.4 is 0 Å². The molecule has 0 saturated heterocycles. The van der Waals surface area contributed by atoms with Gasteiger partial charge in [-0.25, -0.2) is 0 Å². The zero-order valence-electron chi connectivity index (χ0n) is 8.71. The summed E-state index contributed by atoms with van der Waals surface area (Å²) in [6.45, 7) is 4.11. The summed E-state index contributed by atoms with van der Waals surface area (Å²) in [4.78, 5) is 0. The Bertz CT molecular complexity index is 199. The van der Waals surface area contributed by atoms with Crippen LogP contribution in [0.2, 0.25) is 0 Å². The highest BCUT2D eigenvalue weighted by Crippen LogP contribution is 2.31. The number of aliphatic hydroxyl groups is 1. The van der Waals surface area contributed by atoms with Crippen LogP contribution in [-0.4, -0.2) is 11.2 Å². The summed E-state index contributed by atoms with van der Waals surface area (Å²) >= 11 is 0. The standard InChI is InChI=1S/C12H20O/c1-3-4-8-12(13)11-7-5-6-10(2)9-11/h10-13H,5-9H2,1-2H3. The van der Waals surface area contributed by atoms with E-state index in [1.165, 1.54) is 25.7 Å². The maximum absolute atomic E-state index is 9.82. The summed E-state index contributed by atoms with van der Waals surface area (Å²) in [6.07, 6.45) is 5.47. The Kier molecular flexibility index (Phi) is 4.32. The van der Waals surface area contributed by atoms with Crippen molar-refractivity contribution in [2.24, 2.45) is 11.8 Å². The first kappa shape index (κ1) is 10.6. The van der Waals surface area contributed by atoms with E-state index >= 15 is 0 Å². The molecular formula is C12H20O. The molecule has 3 atom stereocenters. The third-order valence-electron chi connectivity index (χ3n) is 3.01. The smallest absolute Gasteiger partial charge is 0.0677 e. The highest BCUT2D eigenvalue weighted by atomic mass is 16.3. The quantitative estimate of drug-likeness (QED) is 0.648. The molecule has 0 radical (unpaired) electrons. The lowest BCUT2D eigenvalue weighted by Gasteiger charge is -2.29. The molecule has 3 unspecified atom stereocenters. The number of rotatable bonds is 2. The Morgan fingerprint density at radius 3 is 2.85 bits per heavy atom. The van der Waals surface area contributed by atoms with Gasteiger partial charge in [-0.1, -0.05) is 19.8 Å². The molecule has 1 aliphatic rings. The molecular weight excluding hydrogens is 160 g/mol. The van der Waals surface area contributed by atoms with Crippen molar-refractivity contribution < 1.29 is 5.11 Å². The predicted octanol–water partition coefficient (Wildman–Crippen LogP) is 2.59. The fourth-order valence-electron chi connectivity index (χ4n) is 2.20. The van der Waals surface area contributed by atoms with Crippen LogP contribution in [0.25, 0.3) is 0 Å². The molecule has 1 aliphatic carbocycles. The second kappa shape index (κ2) is 5.29. The molecule has 0 aromatic carbocycles. The second-order valence-corrected chi connectivity index (χ2v) is 4.23. The van der Waals surface area contributed by atoms with Gasteiger partial charge in [0.25, 0.3) is 0 Å². The van der Waals surface area contributed by atoms with E-state index in [1.807, 2.05) is 6.92 Å². The number of hydrogen-bond acceptors (Lipinski definition) is 1. The van der Waals surface area contributed by atoms with E-state index in [4.69, 9.17) is 0 Å². The Balaban J connectivity index is 2.35. The largest absolute Gasteiger partial charge is 0.392 e. The van der Waals surface area contributed by atoms with Gasteiger partial charge < -0.3 is 5.11 Å². The van der Waals surface area contributed by atoms with Crippen LogP contribution in [0.1, 0.15) is 46.0 Å². The van der Waals surface area contributed by atoms with Gasteiger partial charge in [-0.2, -0.15) is 0 Å². The van der Waals surface area contributed by atoms with Crippen LogP contribution in [0.5, 0.6) is 0 Å². The fraction of sp³-hybridized carbons (Fsp3) is 0.833. The lowest BCUT2D eigenvalue weighted by Crippen LogP contribution is -2.25. The Morgan fingerprint density at radius 2 is 2.23 bits per heavy atom. The topological polar surface area (TPSA) is 20.2 Å². The summed E-state index contributed by atoms with van der Waals surface area (Å²) in [7, 11) is 0. The zero-order chi connectivity index (χ0) is 9.68. The van der Waals surface area contributed by atoms with Crippen molar-refractivity contribution in [3.63, 3.8) is 0 Å². The number of hydrogen-bond donors (Lipinski definition) is 1. The molecule has 0 spiro atoms. The number of aliphatic hydroxyl groups excluding tert-OH is 1. The van der Waals surface area contributed by atoms with E-state index < -0.39 is 0 Å². The van der Waals surface area contributed by atoms with E-state index in [-0.39, 0.29) is 6.10 Å². The molecule has 0 bridgehead atoms. The Labute approximate surface area is 81.5 Å². The van der Waals surface area contributed by atoms with Crippen molar-refractivity contribution >= 4 is 0 Å². The van der Waals surface area contributed by atoms with E-state index in [9.17, 15) is 5.11 Å². The summed E-state index contributed by atoms with van der Waals surface area (Å²) in [6, 6.07) is 0. The highest BCUT2D eigenvalue weighted by molar-refractivity contribution is 4.98. The van der Waals surface area contributed by atoms with E-state index in [0.29, 0.717) is 12.3 Å². The molecule has 1 nitrogen and oxygen atoms in total. The molecule has 1 N–H and O–H groups in total. The first-order chi connectivity index (χ1) is 6.24. The first-order valence-electron chi connectivity index (χ1n) is 5.31. The van der Waals surface area contributed by atoms with Crippen molar-refractivity contribution in [1.29, 1.82) is 0 Å². The molecule has 0 heterocycles. The second-order valence-electron chi connectivity index (χ2n) is 4.23. The summed E-state index contributed by atoms with van der Waals surface area (Å²) in [5.41, 5.74) is 0. The maximum atomic E-state index is 9.82. The minimum Gasteiger partial charge on any atom is -0.392 e. The predicted molar refractivity (Wildman–Crippen MR) is 55.2 cm³/mol. The molecule has 0 amide bonds. The third kappa shape index (κ3) is 3.40. The molecule has 1 heteroatoms. The van der Waals surface area contributed by atoms with E-state index in [2.05, 4.69) is 18.8 Å². The van der Waals surface area contributed by atoms with E-state index in [1.54, 1.807) is 0 Å². The SMILES string of the molecule is CC#CCC(O)C1CCCC(C)C1. The molecule has 1 fully saturated rings. The third-order valence-corrected chi connectivity index (χ3v) is 3.01. The molecule has 13 heavy (non-hydrogen) atoms. The lowest BCUT2D eigenvalue weighted by molar-refractivity contribution is 0.0757. The zero-order valence-corrected chi connectivity index (χ0v) is 8.71. The van der Waals surface area contributed by atoms with Crippen LogP contribution in [0.4, 0.5) is 0 Å². The van der Waals surface area contributed by atoms with Gasteiger partial charge in [0.15, 0.2) is 0 Å². The highest BCUT2D eigenvalue weighted by Gasteiger charge is 2.24. The molecule has 0 aromatic heterocycles. The molecule has 0 aromatic rings. The van der Waals surface area contributed by atoms with Crippen molar-refractivity contribution in [1.82, 2.24) is 0 Å². The van der Waals surface area contributed by atoms with Crippen LogP contribution in [0.15, 0.2) is 0 Å². The monoisotopic (exact) mass is 180 g/mol. The van der Waals surface area contributed by atoms with Crippen LogP contribution >= 0.6 is 0 Å². The summed E-state index contributed by atoms with van der Waals surface area (Å²) < 4.78 is 0. The van der Waals surface area contributed by atoms with Gasteiger partial charge in [0.1, 0.15) is 0 Å². The average molecular weight is 180 g/mol. The van der Waals surface area contributed by atoms with Crippen molar-refractivity contribution in [2.75, 3.05) is 0 Å². The summed E-state index contributed by atoms with van der Waals surface area (Å²) in [5.74, 6) is 7.10. The molecule has 1 rings (SSSR count). The van der Waals surface area contributed by atoms with Gasteiger partial charge in [-0.15, -0.1) is 11.8 Å². The van der Waals surface area contributed by atoms with Gasteiger partial charge >= 0.3 is 0 Å². The lowest BCUT2D eigenvalue weighted by atomic mass is 9.79. The fourth-order valence-corrected chi connectivity index (χ4v) is 2.20. The van der Waals surface area contributed by atoms with Gasteiger partial charge in [-0.3, -0.25) is 0 Å². The van der Waals surface area contributed by atoms with Crippen LogP contribution in [-0.2, 0) is 0 Å². The van der Waals surface area contributed by atoms with Crippen LogP contribution in [0.3, 0.4) is 0 Å². The van der Waals surface area contributed by atoms with Gasteiger partial charge in [0, 0.05) is 6.42 Å². The van der Waals surface area contributed by atoms with E-state index in [0.717, 1.165) is 5.92 Å². The summed E-state index contributed by atoms with van der Waals surface area (Å²) in [5, 5.41) is 9.82. The first-order valence-corrected chi connectivity index (χ1v) is 5.31. The van der Waals surface area contributed by atoms with Gasteiger partial charge in [-0.05, 0) is 31.6 Å². The van der Waals surface area contributed by atoms with Crippen LogP contribution in [0, 0.1) is 23.7 Å². The van der Waals surface area contributed by atoms with Crippen molar-refractivity contribution in [3.05, 3.63) is 0 Å². The Hall–Kier alpha value is -0.480. The maximum Gasteiger partial charge on any atom is 0.0677 e. The average Bonchev–Trinajstić information content (AvgIpc) is 2.14. The van der Waals surface area contributed by atoms with Gasteiger partial charge in [0.2, 0.25) is 0 Å². The van der Waals surface area contributed by atoms with Gasteiger partial charge in [0.05, 0.1) is 6.10 Å². The normalized spacial score (nSPS) is 30.4. The van der Waals surface area contributed by atoms with Crippen molar-refractivity contribution in [2.45, 2.75) is 52.1 Å². The Morgan fingerprint density at radius 1 is 1.46 bits per heavy atom.